The highest BCUT2D eigenvalue weighted by Crippen LogP contribution is 2.21. The highest BCUT2D eigenvalue weighted by molar-refractivity contribution is 5.84. The number of amides is 1. The lowest BCUT2D eigenvalue weighted by Crippen LogP contribution is -2.50. The van der Waals surface area contributed by atoms with Gasteiger partial charge in [0.1, 0.15) is 0 Å². The van der Waals surface area contributed by atoms with Crippen LogP contribution in [0, 0.1) is 5.92 Å². The minimum atomic E-state index is -0.00581. The third kappa shape index (κ3) is 3.51. The summed E-state index contributed by atoms with van der Waals surface area (Å²) in [5, 5.41) is 3.50. The van der Waals surface area contributed by atoms with Crippen molar-refractivity contribution in [3.63, 3.8) is 0 Å². The monoisotopic (exact) mass is 283 g/mol. The van der Waals surface area contributed by atoms with E-state index < -0.39 is 0 Å². The molecule has 2 aliphatic rings. The van der Waals surface area contributed by atoms with E-state index in [0.29, 0.717) is 12.5 Å². The molecule has 5 heteroatoms. The predicted octanol–water partition coefficient (Wildman–Crippen LogP) is 0.900. The van der Waals surface area contributed by atoms with E-state index in [1.807, 2.05) is 4.90 Å². The average molecular weight is 283 g/mol. The van der Waals surface area contributed by atoms with Gasteiger partial charge in [-0.05, 0) is 19.4 Å². The normalized spacial score (nSPS) is 32.4. The van der Waals surface area contributed by atoms with Crippen molar-refractivity contribution < 1.29 is 9.53 Å². The van der Waals surface area contributed by atoms with Gasteiger partial charge in [-0.3, -0.25) is 10.1 Å². The van der Waals surface area contributed by atoms with Crippen molar-refractivity contribution in [2.24, 2.45) is 5.92 Å². The van der Waals surface area contributed by atoms with E-state index in [-0.39, 0.29) is 24.2 Å². The molecule has 1 N–H and O–H groups in total. The van der Waals surface area contributed by atoms with Crippen molar-refractivity contribution in [2.45, 2.75) is 51.9 Å². The number of nitrogens with zero attached hydrogens (tertiary/aromatic N) is 2. The zero-order valence-corrected chi connectivity index (χ0v) is 13.3. The van der Waals surface area contributed by atoms with Crippen LogP contribution in [0.1, 0.15) is 33.6 Å². The van der Waals surface area contributed by atoms with Gasteiger partial charge in [-0.25, -0.2) is 0 Å². The Morgan fingerprint density at radius 1 is 1.45 bits per heavy atom. The fourth-order valence-electron chi connectivity index (χ4n) is 3.15. The highest BCUT2D eigenvalue weighted by Gasteiger charge is 2.40. The molecule has 0 aliphatic carbocycles. The summed E-state index contributed by atoms with van der Waals surface area (Å²) in [6.07, 6.45) is 2.24. The van der Waals surface area contributed by atoms with Crippen LogP contribution in [-0.2, 0) is 9.53 Å². The first-order valence-corrected chi connectivity index (χ1v) is 7.89. The third-order valence-electron chi connectivity index (χ3n) is 4.24. The average Bonchev–Trinajstić information content (AvgIpc) is 2.69. The molecule has 3 unspecified atom stereocenters. The molecule has 2 fully saturated rings. The summed E-state index contributed by atoms with van der Waals surface area (Å²) in [6.45, 7) is 9.82. The van der Waals surface area contributed by atoms with E-state index in [9.17, 15) is 4.79 Å². The minimum Gasteiger partial charge on any atom is -0.374 e. The molecule has 0 radical (unpaired) electrons. The van der Waals surface area contributed by atoms with Crippen LogP contribution in [0.25, 0.3) is 0 Å². The maximum Gasteiger partial charge on any atom is 0.241 e. The fourth-order valence-corrected chi connectivity index (χ4v) is 3.15. The largest absolute Gasteiger partial charge is 0.374 e. The lowest BCUT2D eigenvalue weighted by Gasteiger charge is -2.35. The van der Waals surface area contributed by atoms with Crippen LogP contribution in [0.3, 0.4) is 0 Å². The van der Waals surface area contributed by atoms with Crippen LogP contribution < -0.4 is 5.32 Å². The molecule has 3 atom stereocenters. The van der Waals surface area contributed by atoms with Crippen LogP contribution in [0.15, 0.2) is 0 Å². The summed E-state index contributed by atoms with van der Waals surface area (Å²) >= 11 is 0. The summed E-state index contributed by atoms with van der Waals surface area (Å²) in [5.41, 5.74) is 0. The first kappa shape index (κ1) is 15.7. The third-order valence-corrected chi connectivity index (χ3v) is 4.24. The molecule has 116 valence electrons. The Bertz CT molecular complexity index is 335. The van der Waals surface area contributed by atoms with Gasteiger partial charge < -0.3 is 14.5 Å². The van der Waals surface area contributed by atoms with E-state index in [4.69, 9.17) is 4.74 Å². The molecular weight excluding hydrogens is 254 g/mol. The van der Waals surface area contributed by atoms with E-state index in [1.165, 1.54) is 0 Å². The molecule has 20 heavy (non-hydrogen) atoms. The first-order valence-electron chi connectivity index (χ1n) is 7.89. The van der Waals surface area contributed by atoms with Crippen LogP contribution >= 0.6 is 0 Å². The number of hydrogen-bond donors (Lipinski definition) is 1. The molecule has 1 amide bonds. The van der Waals surface area contributed by atoms with Crippen molar-refractivity contribution >= 4 is 5.91 Å². The van der Waals surface area contributed by atoms with Gasteiger partial charge in [0.05, 0.1) is 24.9 Å². The van der Waals surface area contributed by atoms with E-state index in [0.717, 1.165) is 32.5 Å². The molecule has 5 nitrogen and oxygen atoms in total. The summed E-state index contributed by atoms with van der Waals surface area (Å²) in [7, 11) is 2.11. The maximum atomic E-state index is 12.6. The van der Waals surface area contributed by atoms with Crippen molar-refractivity contribution in [1.82, 2.24) is 15.1 Å². The molecule has 2 rings (SSSR count). The Kier molecular flexibility index (Phi) is 5.41. The fraction of sp³-hybridized carbons (Fsp3) is 0.933. The molecule has 0 aromatic heterocycles. The quantitative estimate of drug-likeness (QED) is 0.814. The lowest BCUT2D eigenvalue weighted by atomic mass is 10.1. The lowest BCUT2D eigenvalue weighted by molar-refractivity contribution is -0.134. The van der Waals surface area contributed by atoms with E-state index in [2.05, 4.69) is 38.0 Å². The summed E-state index contributed by atoms with van der Waals surface area (Å²) in [4.78, 5) is 16.8. The van der Waals surface area contributed by atoms with Crippen molar-refractivity contribution in [3.05, 3.63) is 0 Å². The second-order valence-corrected chi connectivity index (χ2v) is 6.44. The first-order chi connectivity index (χ1) is 9.52. The molecule has 0 aromatic carbocycles. The van der Waals surface area contributed by atoms with E-state index in [1.54, 1.807) is 0 Å². The van der Waals surface area contributed by atoms with Crippen molar-refractivity contribution in [2.75, 3.05) is 33.3 Å². The van der Waals surface area contributed by atoms with Gasteiger partial charge in [0.15, 0.2) is 0 Å². The van der Waals surface area contributed by atoms with E-state index >= 15 is 0 Å². The molecule has 0 spiro atoms. The number of nitrogens with one attached hydrogen (secondary N) is 1. The number of morpholine rings is 1. The van der Waals surface area contributed by atoms with Crippen molar-refractivity contribution in [3.8, 4) is 0 Å². The Labute approximate surface area is 122 Å². The number of carbonyl (C=O) groups excluding carboxylic acids is 1. The number of likely N-dealkylation sites (N-methyl/N-ethyl adjacent to an activating group) is 1. The summed E-state index contributed by atoms with van der Waals surface area (Å²) in [5.74, 6) is 0.671. The molecule has 2 heterocycles. The van der Waals surface area contributed by atoms with Gasteiger partial charge in [0.25, 0.3) is 0 Å². The zero-order valence-electron chi connectivity index (χ0n) is 13.3. The van der Waals surface area contributed by atoms with Gasteiger partial charge in [-0.2, -0.15) is 0 Å². The van der Waals surface area contributed by atoms with Crippen molar-refractivity contribution in [1.29, 1.82) is 0 Å². The predicted molar refractivity (Wildman–Crippen MR) is 79.4 cm³/mol. The second kappa shape index (κ2) is 6.87. The van der Waals surface area contributed by atoms with Crippen LogP contribution in [0.5, 0.6) is 0 Å². The van der Waals surface area contributed by atoms with Gasteiger partial charge in [-0.15, -0.1) is 0 Å². The van der Waals surface area contributed by atoms with Crippen LogP contribution in [0.2, 0.25) is 0 Å². The van der Waals surface area contributed by atoms with Crippen LogP contribution in [0.4, 0.5) is 0 Å². The molecule has 2 saturated heterocycles. The van der Waals surface area contributed by atoms with Gasteiger partial charge >= 0.3 is 0 Å². The molecule has 0 bridgehead atoms. The molecule has 0 aromatic rings. The van der Waals surface area contributed by atoms with Crippen LogP contribution in [-0.4, -0.2) is 67.3 Å². The molecule has 2 aliphatic heterocycles. The minimum absolute atomic E-state index is 0.00581. The van der Waals surface area contributed by atoms with Gasteiger partial charge in [-0.1, -0.05) is 27.2 Å². The number of hydrogen-bond acceptors (Lipinski definition) is 4. The zero-order chi connectivity index (χ0) is 14.7. The Hall–Kier alpha value is -0.650. The number of carbonyl (C=O) groups is 1. The molecular formula is C15H29N3O2. The topological polar surface area (TPSA) is 44.8 Å². The highest BCUT2D eigenvalue weighted by atomic mass is 16.5. The Morgan fingerprint density at radius 2 is 2.20 bits per heavy atom. The standard InChI is InChI=1S/C15H29N3O2/c1-5-6-13-15(19)18(14(16-13)11(2)3)10-12-9-17(4)7-8-20-12/h11-14,16H,5-10H2,1-4H3. The molecule has 0 saturated carbocycles. The Balaban J connectivity index is 2.00. The SMILES string of the molecule is CCCC1NC(C(C)C)N(CC2CN(C)CCO2)C1=O. The second-order valence-electron chi connectivity index (χ2n) is 6.44. The number of ether oxygens (including phenoxy) is 1. The van der Waals surface area contributed by atoms with Gasteiger partial charge in [0, 0.05) is 19.6 Å². The maximum absolute atomic E-state index is 12.6. The smallest absolute Gasteiger partial charge is 0.241 e. The number of rotatable bonds is 5. The van der Waals surface area contributed by atoms with Gasteiger partial charge in [0.2, 0.25) is 5.91 Å². The summed E-state index contributed by atoms with van der Waals surface area (Å²) in [6, 6.07) is -0.00581. The Morgan fingerprint density at radius 3 is 2.80 bits per heavy atom. The summed E-state index contributed by atoms with van der Waals surface area (Å²) < 4.78 is 5.82.